The van der Waals surface area contributed by atoms with E-state index in [4.69, 9.17) is 9.26 Å². The van der Waals surface area contributed by atoms with Crippen molar-refractivity contribution in [1.29, 1.82) is 0 Å². The van der Waals surface area contributed by atoms with Gasteiger partial charge in [0.05, 0.1) is 0 Å². The van der Waals surface area contributed by atoms with Crippen molar-refractivity contribution in [2.75, 3.05) is 18.2 Å². The summed E-state index contributed by atoms with van der Waals surface area (Å²) in [6, 6.07) is 8.21. The van der Waals surface area contributed by atoms with Gasteiger partial charge in [0.1, 0.15) is 0 Å². The molecule has 1 aromatic carbocycles. The molecule has 0 fully saturated rings. The molecule has 3 rings (SSSR count). The number of aromatic nitrogens is 1. The summed E-state index contributed by atoms with van der Waals surface area (Å²) in [5.41, 5.74) is 1.71. The molecule has 2 aromatic heterocycles. The minimum atomic E-state index is -0.303. The van der Waals surface area contributed by atoms with Crippen LogP contribution in [0.25, 0.3) is 10.1 Å². The predicted molar refractivity (Wildman–Crippen MR) is 108 cm³/mol. The molecule has 7 heteroatoms. The first-order valence-corrected chi connectivity index (χ1v) is 9.77. The Morgan fingerprint density at radius 2 is 2.15 bits per heavy atom. The predicted octanol–water partition coefficient (Wildman–Crippen LogP) is 4.69. The summed E-state index contributed by atoms with van der Waals surface area (Å²) in [5, 5.41) is 7.12. The Morgan fingerprint density at radius 3 is 2.81 bits per heavy atom. The molecule has 26 heavy (non-hydrogen) atoms. The number of aryl methyl sites for hydroxylation is 1. The third-order valence-corrected chi connectivity index (χ3v) is 4.80. The average Bonchev–Trinajstić information content (AvgIpc) is 3.31. The van der Waals surface area contributed by atoms with E-state index in [0.717, 1.165) is 11.2 Å². The van der Waals surface area contributed by atoms with Crippen LogP contribution in [0.2, 0.25) is 0 Å². The fourth-order valence-corrected chi connectivity index (χ4v) is 3.35. The van der Waals surface area contributed by atoms with Crippen molar-refractivity contribution in [2.24, 2.45) is 0 Å². The van der Waals surface area contributed by atoms with Crippen LogP contribution in [0.4, 0.5) is 5.78 Å². The van der Waals surface area contributed by atoms with Crippen molar-refractivity contribution in [3.63, 3.8) is 0 Å². The van der Waals surface area contributed by atoms with Gasteiger partial charge in [0, 0.05) is 0 Å². The van der Waals surface area contributed by atoms with E-state index in [2.05, 4.69) is 28.7 Å². The van der Waals surface area contributed by atoms with Crippen LogP contribution in [0.1, 0.15) is 44.8 Å². The first kappa shape index (κ1) is 20.3. The average molecular weight is 372 g/mol. The molecule has 0 radical (unpaired) electrons. The topological polar surface area (TPSA) is 55.6 Å². The second-order valence-electron chi connectivity index (χ2n) is 5.63. The van der Waals surface area contributed by atoms with Gasteiger partial charge < -0.3 is 0 Å². The van der Waals surface area contributed by atoms with Gasteiger partial charge in [0.15, 0.2) is 0 Å². The monoisotopic (exact) mass is 372 g/mol. The van der Waals surface area contributed by atoms with Gasteiger partial charge in [-0.15, -0.1) is 0 Å². The number of hydrogen-bond donors (Lipinski definition) is 0. The molecule has 0 bridgehead atoms. The first-order valence-electron chi connectivity index (χ1n) is 8.89. The van der Waals surface area contributed by atoms with Crippen LogP contribution in [0.5, 0.6) is 0 Å². The molecule has 5 nitrogen and oxygen atoms in total. The number of nitrogens with zero attached hydrogens (tertiary/aromatic N) is 2. The molecular formula is C19H25BN2O3S. The summed E-state index contributed by atoms with van der Waals surface area (Å²) < 4.78 is 11.9. The quantitative estimate of drug-likeness (QED) is 0.589. The van der Waals surface area contributed by atoms with Gasteiger partial charge in [0.2, 0.25) is 0 Å². The molecule has 1 unspecified atom stereocenters. The van der Waals surface area contributed by atoms with Crippen molar-refractivity contribution in [2.45, 2.75) is 40.5 Å². The van der Waals surface area contributed by atoms with E-state index in [-0.39, 0.29) is 18.6 Å². The van der Waals surface area contributed by atoms with E-state index < -0.39 is 0 Å². The van der Waals surface area contributed by atoms with Gasteiger partial charge >= 0.3 is 145 Å². The Hall–Kier alpha value is -1.99. The minimum absolute atomic E-state index is 0.0736. The second kappa shape index (κ2) is 9.64. The number of rotatable bonds is 6. The van der Waals surface area contributed by atoms with Gasteiger partial charge in [-0.05, 0) is 0 Å². The molecule has 0 aliphatic rings. The van der Waals surface area contributed by atoms with Gasteiger partial charge in [-0.25, -0.2) is 0 Å². The van der Waals surface area contributed by atoms with Gasteiger partial charge in [-0.2, -0.15) is 0 Å². The molecule has 1 amide bonds. The van der Waals surface area contributed by atoms with Crippen LogP contribution in [0, 0.1) is 6.92 Å². The molecule has 0 aliphatic carbocycles. The number of thiophene rings is 1. The van der Waals surface area contributed by atoms with Crippen molar-refractivity contribution < 1.29 is 14.1 Å². The Kier molecular flexibility index (Phi) is 7.54. The van der Waals surface area contributed by atoms with Crippen LogP contribution in [-0.2, 0) is 9.53 Å². The molecule has 1 atom stereocenters. The van der Waals surface area contributed by atoms with Gasteiger partial charge in [-0.3, -0.25) is 0 Å². The third-order valence-electron chi connectivity index (χ3n) is 3.92. The number of hydrogen-bond acceptors (Lipinski definition) is 5. The van der Waals surface area contributed by atoms with Crippen LogP contribution < -0.4 is 4.90 Å². The number of fused-ring (bicyclic) bond motifs is 1. The number of carbonyl (C=O) groups excluding carboxylic acids is 1. The Morgan fingerprint density at radius 1 is 1.38 bits per heavy atom. The summed E-state index contributed by atoms with van der Waals surface area (Å²) in [6.45, 7) is 12.0. The zero-order valence-corrected chi connectivity index (χ0v) is 16.8. The van der Waals surface area contributed by atoms with Crippen LogP contribution in [-0.4, -0.2) is 31.3 Å². The molecule has 0 spiro atoms. The summed E-state index contributed by atoms with van der Waals surface area (Å²) >= 11 is 1.67. The Balaban J connectivity index is 0.00000117. The maximum absolute atomic E-state index is 13.0. The van der Waals surface area contributed by atoms with Crippen LogP contribution in [0.15, 0.2) is 34.2 Å². The zero-order valence-electron chi connectivity index (χ0n) is 16.0. The van der Waals surface area contributed by atoms with E-state index in [1.54, 1.807) is 18.2 Å². The summed E-state index contributed by atoms with van der Waals surface area (Å²) in [7, 11) is 0. The summed E-state index contributed by atoms with van der Waals surface area (Å²) in [4.78, 5) is 14.5. The van der Waals surface area contributed by atoms with E-state index >= 15 is 0 Å². The summed E-state index contributed by atoms with van der Waals surface area (Å²) in [5.74, 6) is 0.0351. The fourth-order valence-electron chi connectivity index (χ4n) is 2.51. The standard InChI is InChI=1S/C17H19BN2O3S.C2H6/c1-4-22-10-20(17-18-12(3)19-23-17)16(21)11(2)14-6-5-13-7-8-24-15(13)9-14;1-2/h5-9,11H,4,10H2,1-3H3;1-2H3. The number of benzene rings is 1. The van der Waals surface area contributed by atoms with Gasteiger partial charge in [0.25, 0.3) is 0 Å². The molecular weight excluding hydrogens is 347 g/mol. The maximum atomic E-state index is 13.0. The molecule has 0 aliphatic heterocycles. The first-order chi connectivity index (χ1) is 12.6. The zero-order chi connectivity index (χ0) is 19.1. The number of anilines is 1. The summed E-state index contributed by atoms with van der Waals surface area (Å²) in [6.07, 6.45) is 0. The van der Waals surface area contributed by atoms with Gasteiger partial charge in [-0.1, -0.05) is 13.8 Å². The van der Waals surface area contributed by atoms with Crippen molar-refractivity contribution in [3.05, 3.63) is 40.8 Å². The molecule has 2 heterocycles. The van der Waals surface area contributed by atoms with E-state index in [9.17, 15) is 4.79 Å². The normalized spacial score (nSPS) is 11.6. The Bertz CT molecular complexity index is 846. The molecule has 138 valence electrons. The van der Waals surface area contributed by atoms with Crippen LogP contribution in [0.3, 0.4) is 0 Å². The fraction of sp³-hybridized carbons (Fsp3) is 0.421. The van der Waals surface area contributed by atoms with E-state index in [0.29, 0.717) is 12.4 Å². The van der Waals surface area contributed by atoms with E-state index in [1.165, 1.54) is 15.0 Å². The van der Waals surface area contributed by atoms with Crippen molar-refractivity contribution >= 4 is 40.0 Å². The van der Waals surface area contributed by atoms with Crippen molar-refractivity contribution in [1.82, 2.24) is 5.16 Å². The number of ether oxygens (including phenoxy) is 1. The number of carbonyl (C=O) groups is 1. The molecule has 0 saturated heterocycles. The molecule has 0 N–H and O–H groups in total. The third kappa shape index (κ3) is 4.59. The Labute approximate surface area is 159 Å². The van der Waals surface area contributed by atoms with Crippen LogP contribution >= 0.6 is 11.3 Å². The second-order valence-corrected chi connectivity index (χ2v) is 6.58. The SMILES string of the molecule is CC.CCOCN(C(=O)C(C)c1ccc2ccsc2c1)c1bc(C)no1. The molecule has 3 aromatic rings. The van der Waals surface area contributed by atoms with E-state index in [1.807, 2.05) is 40.7 Å². The van der Waals surface area contributed by atoms with Crippen molar-refractivity contribution in [3.8, 4) is 0 Å². The number of amides is 1. The molecule has 0 saturated carbocycles.